The van der Waals surface area contributed by atoms with Gasteiger partial charge in [-0.3, -0.25) is 14.3 Å². The van der Waals surface area contributed by atoms with E-state index >= 15 is 0 Å². The minimum Gasteiger partial charge on any atom is -0.414 e. The number of ether oxygens (including phenoxy) is 1. The van der Waals surface area contributed by atoms with E-state index in [0.717, 1.165) is 0 Å². The summed E-state index contributed by atoms with van der Waals surface area (Å²) >= 11 is 0. The number of hydrogen-bond acceptors (Lipinski definition) is 4. The van der Waals surface area contributed by atoms with Gasteiger partial charge in [-0.15, -0.1) is 0 Å². The van der Waals surface area contributed by atoms with Crippen LogP contribution >= 0.6 is 0 Å². The van der Waals surface area contributed by atoms with Crippen molar-refractivity contribution in [2.45, 2.75) is 51.2 Å². The Labute approximate surface area is 130 Å². The van der Waals surface area contributed by atoms with Crippen molar-refractivity contribution in [1.82, 2.24) is 9.55 Å². The van der Waals surface area contributed by atoms with Gasteiger partial charge in [0.15, 0.2) is 14.5 Å². The Balaban J connectivity index is 1.98. The number of nitrogens with zero attached hydrogens (tertiary/aromatic N) is 1. The molecule has 0 aliphatic carbocycles. The molecule has 6 nitrogen and oxygen atoms in total. The molecule has 2 heterocycles. The van der Waals surface area contributed by atoms with E-state index in [1.54, 1.807) is 6.08 Å². The molecule has 1 N–H and O–H groups in total. The van der Waals surface area contributed by atoms with Gasteiger partial charge < -0.3 is 9.16 Å². The first-order valence-electron chi connectivity index (χ1n) is 7.39. The number of aromatic amines is 1. The summed E-state index contributed by atoms with van der Waals surface area (Å²) in [7, 11) is -1.82. The standard InChI is InChI=1S/C15H24N2O4Si/c1-15(2,3)22(4,5)20-10-11-6-7-13(21-11)17-9-8-12(18)16-14(17)19/h6-9,11,13H,10H2,1-5H3,(H,16,18,19)/t11-,13+/m1/s1. The van der Waals surface area contributed by atoms with E-state index < -0.39 is 25.8 Å². The van der Waals surface area contributed by atoms with E-state index in [-0.39, 0.29) is 11.1 Å². The zero-order valence-electron chi connectivity index (χ0n) is 13.8. The molecular formula is C15H24N2O4Si. The van der Waals surface area contributed by atoms with Crippen molar-refractivity contribution in [2.24, 2.45) is 0 Å². The summed E-state index contributed by atoms with van der Waals surface area (Å²) in [5.74, 6) is 0. The molecule has 1 aromatic rings. The van der Waals surface area contributed by atoms with Crippen LogP contribution in [0.2, 0.25) is 18.1 Å². The maximum Gasteiger partial charge on any atom is 0.330 e. The van der Waals surface area contributed by atoms with Crippen molar-refractivity contribution in [3.63, 3.8) is 0 Å². The molecule has 0 bridgehead atoms. The molecule has 122 valence electrons. The zero-order valence-corrected chi connectivity index (χ0v) is 14.8. The second-order valence-corrected chi connectivity index (χ2v) is 11.8. The first kappa shape index (κ1) is 16.9. The summed E-state index contributed by atoms with van der Waals surface area (Å²) in [6, 6.07) is 1.30. The minimum absolute atomic E-state index is 0.143. The predicted octanol–water partition coefficient (Wildman–Crippen LogP) is 2.01. The molecular weight excluding hydrogens is 300 g/mol. The van der Waals surface area contributed by atoms with Crippen LogP contribution in [0, 0.1) is 0 Å². The average molecular weight is 324 g/mol. The molecule has 0 radical (unpaired) electrons. The first-order chi connectivity index (χ1) is 10.1. The fraction of sp³-hybridized carbons (Fsp3) is 0.600. The zero-order chi connectivity index (χ0) is 16.5. The third kappa shape index (κ3) is 3.66. The van der Waals surface area contributed by atoms with Crippen molar-refractivity contribution in [3.05, 3.63) is 45.3 Å². The fourth-order valence-electron chi connectivity index (χ4n) is 1.88. The van der Waals surface area contributed by atoms with E-state index in [1.165, 1.54) is 16.8 Å². The largest absolute Gasteiger partial charge is 0.414 e. The smallest absolute Gasteiger partial charge is 0.330 e. The van der Waals surface area contributed by atoms with Gasteiger partial charge >= 0.3 is 5.69 Å². The summed E-state index contributed by atoms with van der Waals surface area (Å²) in [5.41, 5.74) is -0.894. The summed E-state index contributed by atoms with van der Waals surface area (Å²) in [5, 5.41) is 0.143. The van der Waals surface area contributed by atoms with Crippen LogP contribution in [0.5, 0.6) is 0 Å². The van der Waals surface area contributed by atoms with E-state index in [4.69, 9.17) is 9.16 Å². The van der Waals surface area contributed by atoms with Gasteiger partial charge in [-0.2, -0.15) is 0 Å². The Morgan fingerprint density at radius 2 is 2.00 bits per heavy atom. The lowest BCUT2D eigenvalue weighted by Gasteiger charge is -2.36. The number of hydrogen-bond donors (Lipinski definition) is 1. The quantitative estimate of drug-likeness (QED) is 0.679. The molecule has 22 heavy (non-hydrogen) atoms. The highest BCUT2D eigenvalue weighted by Gasteiger charge is 2.38. The molecule has 0 saturated heterocycles. The highest BCUT2D eigenvalue weighted by atomic mass is 28.4. The molecule has 1 aliphatic heterocycles. The second kappa shape index (κ2) is 5.98. The highest BCUT2D eigenvalue weighted by molar-refractivity contribution is 6.74. The third-order valence-corrected chi connectivity index (χ3v) is 8.85. The molecule has 1 aromatic heterocycles. The second-order valence-electron chi connectivity index (χ2n) is 7.04. The van der Waals surface area contributed by atoms with Gasteiger partial charge in [0.05, 0.1) is 6.61 Å². The summed E-state index contributed by atoms with van der Waals surface area (Å²) < 4.78 is 13.3. The lowest BCUT2D eigenvalue weighted by atomic mass is 10.2. The van der Waals surface area contributed by atoms with Crippen LogP contribution in [0.1, 0.15) is 27.0 Å². The molecule has 0 saturated carbocycles. The molecule has 1 aliphatic rings. The predicted molar refractivity (Wildman–Crippen MR) is 87.5 cm³/mol. The van der Waals surface area contributed by atoms with Gasteiger partial charge in [0.1, 0.15) is 6.10 Å². The van der Waals surface area contributed by atoms with Crippen LogP contribution in [0.4, 0.5) is 0 Å². The van der Waals surface area contributed by atoms with Crippen molar-refractivity contribution in [2.75, 3.05) is 6.61 Å². The van der Waals surface area contributed by atoms with Crippen LogP contribution < -0.4 is 11.2 Å². The topological polar surface area (TPSA) is 73.3 Å². The maximum absolute atomic E-state index is 11.8. The fourth-order valence-corrected chi connectivity index (χ4v) is 2.89. The van der Waals surface area contributed by atoms with Crippen LogP contribution in [-0.2, 0) is 9.16 Å². The van der Waals surface area contributed by atoms with Gasteiger partial charge in [-0.25, -0.2) is 4.79 Å². The third-order valence-electron chi connectivity index (χ3n) is 4.34. The Hall–Kier alpha value is -1.44. The van der Waals surface area contributed by atoms with Crippen LogP contribution in [0.15, 0.2) is 34.0 Å². The molecule has 7 heteroatoms. The monoisotopic (exact) mass is 324 g/mol. The normalized spacial score (nSPS) is 22.2. The Morgan fingerprint density at radius 3 is 2.59 bits per heavy atom. The average Bonchev–Trinajstić information content (AvgIpc) is 2.83. The van der Waals surface area contributed by atoms with Gasteiger partial charge in [-0.05, 0) is 24.2 Å². The van der Waals surface area contributed by atoms with E-state index in [9.17, 15) is 9.59 Å². The SMILES string of the molecule is CC(C)(C)[Si](C)(C)OC[C@H]1C=C[C@@H](n2ccc(=O)[nH]c2=O)O1. The van der Waals surface area contributed by atoms with Crippen LogP contribution in [-0.4, -0.2) is 30.6 Å². The lowest BCUT2D eigenvalue weighted by Crippen LogP contribution is -2.42. The molecule has 0 unspecified atom stereocenters. The number of H-pyrrole nitrogens is 1. The molecule has 0 fully saturated rings. The Bertz CT molecular complexity index is 669. The van der Waals surface area contributed by atoms with Crippen molar-refractivity contribution < 1.29 is 9.16 Å². The van der Waals surface area contributed by atoms with Gasteiger partial charge in [0, 0.05) is 12.3 Å². The van der Waals surface area contributed by atoms with E-state index in [2.05, 4.69) is 38.8 Å². The number of rotatable bonds is 4. The van der Waals surface area contributed by atoms with Crippen LogP contribution in [0.25, 0.3) is 0 Å². The molecule has 0 aromatic carbocycles. The number of aromatic nitrogens is 2. The molecule has 2 rings (SSSR count). The highest BCUT2D eigenvalue weighted by Crippen LogP contribution is 2.37. The maximum atomic E-state index is 11.8. The molecule has 0 amide bonds. The molecule has 0 spiro atoms. The van der Waals surface area contributed by atoms with E-state index in [0.29, 0.717) is 6.61 Å². The molecule has 2 atom stereocenters. The van der Waals surface area contributed by atoms with Gasteiger partial charge in [-0.1, -0.05) is 26.8 Å². The van der Waals surface area contributed by atoms with Crippen molar-refractivity contribution >= 4 is 8.32 Å². The van der Waals surface area contributed by atoms with Crippen LogP contribution in [0.3, 0.4) is 0 Å². The van der Waals surface area contributed by atoms with E-state index in [1.807, 2.05) is 6.08 Å². The van der Waals surface area contributed by atoms with Gasteiger partial charge in [0.25, 0.3) is 5.56 Å². The van der Waals surface area contributed by atoms with Gasteiger partial charge in [0.2, 0.25) is 0 Å². The summed E-state index contributed by atoms with van der Waals surface area (Å²) in [6.07, 6.45) is 4.46. The number of nitrogens with one attached hydrogen (secondary N) is 1. The Kier molecular flexibility index (Phi) is 4.60. The lowest BCUT2D eigenvalue weighted by molar-refractivity contribution is -0.00779. The van der Waals surface area contributed by atoms with Crippen molar-refractivity contribution in [1.29, 1.82) is 0 Å². The minimum atomic E-state index is -1.82. The summed E-state index contributed by atoms with van der Waals surface area (Å²) in [4.78, 5) is 25.1. The van der Waals surface area contributed by atoms with Crippen molar-refractivity contribution in [3.8, 4) is 0 Å². The summed E-state index contributed by atoms with van der Waals surface area (Å²) in [6.45, 7) is 11.4. The Morgan fingerprint density at radius 1 is 1.32 bits per heavy atom. The first-order valence-corrected chi connectivity index (χ1v) is 10.3.